The van der Waals surface area contributed by atoms with Crippen LogP contribution in [0.25, 0.3) is 0 Å². The van der Waals surface area contributed by atoms with E-state index in [9.17, 15) is 0 Å². The summed E-state index contributed by atoms with van der Waals surface area (Å²) in [5.41, 5.74) is 1.81. The van der Waals surface area contributed by atoms with Gasteiger partial charge in [-0.2, -0.15) is 0 Å². The van der Waals surface area contributed by atoms with Crippen molar-refractivity contribution in [1.29, 1.82) is 0 Å². The molecule has 0 heterocycles. The minimum absolute atomic E-state index is 0.393. The predicted molar refractivity (Wildman–Crippen MR) is 78.2 cm³/mol. The minimum atomic E-state index is 0.393. The van der Waals surface area contributed by atoms with E-state index in [-0.39, 0.29) is 0 Å². The number of methoxy groups -OCH3 is 1. The molecule has 0 spiro atoms. The summed E-state index contributed by atoms with van der Waals surface area (Å²) in [7, 11) is 1.60. The van der Waals surface area contributed by atoms with E-state index in [1.54, 1.807) is 19.2 Å². The Morgan fingerprint density at radius 1 is 1.00 bits per heavy atom. The van der Waals surface area contributed by atoms with Crippen LogP contribution in [-0.2, 0) is 6.61 Å². The molecule has 2 rings (SSSR count). The fourth-order valence-corrected chi connectivity index (χ4v) is 1.94. The largest absolute Gasteiger partial charge is 0.493 e. The zero-order valence-corrected chi connectivity index (χ0v) is 12.0. The Bertz CT molecular complexity index is 582. The molecule has 2 aromatic rings. The maximum atomic E-state index is 5.95. The van der Waals surface area contributed by atoms with E-state index in [1.165, 1.54) is 0 Å². The van der Waals surface area contributed by atoms with Crippen LogP contribution >= 0.6 is 23.2 Å². The van der Waals surface area contributed by atoms with Crippen LogP contribution in [0.15, 0.2) is 36.4 Å². The number of rotatable bonds is 4. The van der Waals surface area contributed by atoms with Gasteiger partial charge in [-0.3, -0.25) is 0 Å². The zero-order valence-electron chi connectivity index (χ0n) is 10.5. The van der Waals surface area contributed by atoms with Crippen molar-refractivity contribution in [1.82, 2.24) is 0 Å². The molecule has 0 atom stereocenters. The molecule has 1 radical (unpaired) electrons. The van der Waals surface area contributed by atoms with Gasteiger partial charge in [-0.05, 0) is 42.3 Å². The average molecular weight is 296 g/mol. The summed E-state index contributed by atoms with van der Waals surface area (Å²) < 4.78 is 11.0. The van der Waals surface area contributed by atoms with Crippen molar-refractivity contribution in [3.05, 3.63) is 64.5 Å². The summed E-state index contributed by atoms with van der Waals surface area (Å²) in [6, 6.07) is 10.9. The van der Waals surface area contributed by atoms with Crippen molar-refractivity contribution in [2.45, 2.75) is 6.61 Å². The van der Waals surface area contributed by atoms with E-state index in [0.29, 0.717) is 28.2 Å². The number of ether oxygens (including phenoxy) is 2. The molecular weight excluding hydrogens is 283 g/mol. The van der Waals surface area contributed by atoms with E-state index < -0.39 is 0 Å². The molecular formula is C15H13Cl2O2. The molecule has 0 aliphatic carbocycles. The van der Waals surface area contributed by atoms with Gasteiger partial charge in [0, 0.05) is 0 Å². The van der Waals surface area contributed by atoms with E-state index in [0.717, 1.165) is 11.1 Å². The minimum Gasteiger partial charge on any atom is -0.493 e. The molecule has 0 fully saturated rings. The third-order valence-electron chi connectivity index (χ3n) is 2.61. The van der Waals surface area contributed by atoms with Crippen molar-refractivity contribution in [2.75, 3.05) is 7.11 Å². The van der Waals surface area contributed by atoms with E-state index in [4.69, 9.17) is 32.7 Å². The van der Waals surface area contributed by atoms with E-state index >= 15 is 0 Å². The monoisotopic (exact) mass is 295 g/mol. The highest BCUT2D eigenvalue weighted by Crippen LogP contribution is 2.29. The molecule has 2 aromatic carbocycles. The van der Waals surface area contributed by atoms with Crippen molar-refractivity contribution in [2.24, 2.45) is 0 Å². The number of hydrogen-bond acceptors (Lipinski definition) is 2. The van der Waals surface area contributed by atoms with Crippen LogP contribution in [0.2, 0.25) is 10.0 Å². The Balaban J connectivity index is 2.12. The highest BCUT2D eigenvalue weighted by Gasteiger charge is 2.05. The third kappa shape index (κ3) is 3.55. The van der Waals surface area contributed by atoms with E-state index in [2.05, 4.69) is 6.92 Å². The Labute approximate surface area is 122 Å². The standard InChI is InChI=1S/C15H13Cl2O2/c1-10-3-6-14(15(7-10)18-2)19-9-11-4-5-12(16)13(17)8-11/h3-8H,1,9H2,2H3. The lowest BCUT2D eigenvalue weighted by Gasteiger charge is -2.11. The summed E-state index contributed by atoms with van der Waals surface area (Å²) in [6.07, 6.45) is 0. The maximum Gasteiger partial charge on any atom is 0.161 e. The highest BCUT2D eigenvalue weighted by atomic mass is 35.5. The van der Waals surface area contributed by atoms with Gasteiger partial charge in [0.05, 0.1) is 17.2 Å². The Morgan fingerprint density at radius 3 is 2.47 bits per heavy atom. The lowest BCUT2D eigenvalue weighted by molar-refractivity contribution is 0.284. The van der Waals surface area contributed by atoms with Crippen molar-refractivity contribution in [3.8, 4) is 11.5 Å². The van der Waals surface area contributed by atoms with Crippen LogP contribution in [0.4, 0.5) is 0 Å². The van der Waals surface area contributed by atoms with Gasteiger partial charge in [0.25, 0.3) is 0 Å². The smallest absolute Gasteiger partial charge is 0.161 e. The topological polar surface area (TPSA) is 18.5 Å². The van der Waals surface area contributed by atoms with Crippen LogP contribution in [0.3, 0.4) is 0 Å². The second-order valence-corrected chi connectivity index (χ2v) is 4.84. The van der Waals surface area contributed by atoms with Gasteiger partial charge < -0.3 is 9.47 Å². The summed E-state index contributed by atoms with van der Waals surface area (Å²) in [5, 5.41) is 1.05. The lowest BCUT2D eigenvalue weighted by atomic mass is 10.2. The lowest BCUT2D eigenvalue weighted by Crippen LogP contribution is -1.98. The van der Waals surface area contributed by atoms with Gasteiger partial charge in [0.1, 0.15) is 6.61 Å². The zero-order chi connectivity index (χ0) is 13.8. The molecule has 0 amide bonds. The molecule has 0 saturated carbocycles. The maximum absolute atomic E-state index is 5.95. The fraction of sp³-hybridized carbons (Fsp3) is 0.133. The Hall–Kier alpha value is -1.38. The molecule has 0 bridgehead atoms. The summed E-state index contributed by atoms with van der Waals surface area (Å²) in [6.45, 7) is 4.23. The first kappa shape index (κ1) is 14.0. The highest BCUT2D eigenvalue weighted by molar-refractivity contribution is 6.42. The molecule has 0 unspecified atom stereocenters. The molecule has 0 saturated heterocycles. The quantitative estimate of drug-likeness (QED) is 0.809. The molecule has 19 heavy (non-hydrogen) atoms. The van der Waals surface area contributed by atoms with Gasteiger partial charge >= 0.3 is 0 Å². The molecule has 0 N–H and O–H groups in total. The first-order chi connectivity index (χ1) is 9.10. The molecule has 0 aliphatic heterocycles. The van der Waals surface area contributed by atoms with Crippen LogP contribution in [0.5, 0.6) is 11.5 Å². The van der Waals surface area contributed by atoms with Crippen molar-refractivity contribution >= 4 is 23.2 Å². The second-order valence-electron chi connectivity index (χ2n) is 4.02. The molecule has 4 heteroatoms. The third-order valence-corrected chi connectivity index (χ3v) is 3.35. The molecule has 99 valence electrons. The van der Waals surface area contributed by atoms with Crippen LogP contribution in [0.1, 0.15) is 11.1 Å². The van der Waals surface area contributed by atoms with Crippen molar-refractivity contribution in [3.63, 3.8) is 0 Å². The number of hydrogen-bond donors (Lipinski definition) is 0. The van der Waals surface area contributed by atoms with E-state index in [1.807, 2.05) is 24.3 Å². The van der Waals surface area contributed by atoms with Crippen molar-refractivity contribution < 1.29 is 9.47 Å². The Kier molecular flexibility index (Phi) is 4.56. The molecule has 2 nitrogen and oxygen atoms in total. The van der Waals surface area contributed by atoms with Gasteiger partial charge in [0.2, 0.25) is 0 Å². The van der Waals surface area contributed by atoms with Crippen LogP contribution < -0.4 is 9.47 Å². The molecule has 0 aromatic heterocycles. The number of halogens is 2. The average Bonchev–Trinajstić information content (AvgIpc) is 2.41. The summed E-state index contributed by atoms with van der Waals surface area (Å²) >= 11 is 11.8. The number of benzene rings is 2. The summed E-state index contributed by atoms with van der Waals surface area (Å²) in [5.74, 6) is 1.33. The predicted octanol–water partition coefficient (Wildman–Crippen LogP) is 4.76. The van der Waals surface area contributed by atoms with Gasteiger partial charge in [-0.15, -0.1) is 0 Å². The van der Waals surface area contributed by atoms with Gasteiger partial charge in [-0.1, -0.05) is 35.3 Å². The first-order valence-corrected chi connectivity index (χ1v) is 6.42. The van der Waals surface area contributed by atoms with Crippen LogP contribution in [0, 0.1) is 6.92 Å². The normalized spacial score (nSPS) is 10.3. The second kappa shape index (κ2) is 6.18. The van der Waals surface area contributed by atoms with Gasteiger partial charge in [0.15, 0.2) is 11.5 Å². The van der Waals surface area contributed by atoms with Gasteiger partial charge in [-0.25, -0.2) is 0 Å². The summed E-state index contributed by atoms with van der Waals surface area (Å²) in [4.78, 5) is 0. The molecule has 0 aliphatic rings. The SMILES string of the molecule is [CH2]c1ccc(OCc2ccc(Cl)c(Cl)c2)c(OC)c1. The Morgan fingerprint density at radius 2 is 1.79 bits per heavy atom. The fourth-order valence-electron chi connectivity index (χ4n) is 1.62. The first-order valence-electron chi connectivity index (χ1n) is 5.67. The van der Waals surface area contributed by atoms with Crippen LogP contribution in [-0.4, -0.2) is 7.11 Å².